The van der Waals surface area contributed by atoms with Crippen LogP contribution in [0.15, 0.2) is 0 Å². The van der Waals surface area contributed by atoms with Crippen LogP contribution in [0, 0.1) is 23.7 Å². The van der Waals surface area contributed by atoms with Gasteiger partial charge in [0.25, 0.3) is 0 Å². The third-order valence-corrected chi connectivity index (χ3v) is 3.74. The standard InChI is InChI=1S/C9H12O/c10-9-3-5-1-2-6(9)8-4-7(5)8/h5-8H,1-4H2. The summed E-state index contributed by atoms with van der Waals surface area (Å²) in [7, 11) is 0. The van der Waals surface area contributed by atoms with E-state index in [1.807, 2.05) is 0 Å². The molecule has 4 rings (SSSR count). The SMILES string of the molecule is O=C1CC2CCC1C1CC21. The van der Waals surface area contributed by atoms with Crippen molar-refractivity contribution in [3.63, 3.8) is 0 Å². The second-order valence-electron chi connectivity index (χ2n) is 4.18. The molecule has 1 heteroatoms. The molecule has 4 unspecified atom stereocenters. The van der Waals surface area contributed by atoms with Crippen molar-refractivity contribution in [3.05, 3.63) is 0 Å². The second-order valence-corrected chi connectivity index (χ2v) is 4.18. The third-order valence-electron chi connectivity index (χ3n) is 3.74. The first-order chi connectivity index (χ1) is 4.86. The zero-order chi connectivity index (χ0) is 6.72. The number of carbonyl (C=O) groups excluding carboxylic acids is 1. The summed E-state index contributed by atoms with van der Waals surface area (Å²) in [6.45, 7) is 0. The largest absolute Gasteiger partial charge is 0.299 e. The zero-order valence-corrected chi connectivity index (χ0v) is 6.05. The van der Waals surface area contributed by atoms with Crippen molar-refractivity contribution >= 4 is 5.78 Å². The monoisotopic (exact) mass is 136 g/mol. The molecule has 4 fully saturated rings. The van der Waals surface area contributed by atoms with E-state index in [0.717, 1.165) is 24.2 Å². The lowest BCUT2D eigenvalue weighted by atomic mass is 9.70. The Labute approximate surface area is 60.8 Å². The summed E-state index contributed by atoms with van der Waals surface area (Å²) in [6, 6.07) is 0. The van der Waals surface area contributed by atoms with Gasteiger partial charge in [0.1, 0.15) is 5.78 Å². The molecule has 0 aromatic heterocycles. The van der Waals surface area contributed by atoms with Crippen LogP contribution < -0.4 is 0 Å². The molecule has 0 aromatic rings. The van der Waals surface area contributed by atoms with Crippen molar-refractivity contribution < 1.29 is 4.79 Å². The van der Waals surface area contributed by atoms with E-state index in [0.29, 0.717) is 11.7 Å². The number of Topliss-reactive ketones (excluding diaryl/α,β-unsaturated/α-hetero) is 1. The van der Waals surface area contributed by atoms with Crippen molar-refractivity contribution in [2.75, 3.05) is 0 Å². The van der Waals surface area contributed by atoms with Crippen molar-refractivity contribution in [1.29, 1.82) is 0 Å². The molecule has 54 valence electrons. The van der Waals surface area contributed by atoms with Gasteiger partial charge >= 0.3 is 0 Å². The van der Waals surface area contributed by atoms with Gasteiger partial charge in [0, 0.05) is 12.3 Å². The fourth-order valence-corrected chi connectivity index (χ4v) is 3.13. The predicted octanol–water partition coefficient (Wildman–Crippen LogP) is 1.62. The molecule has 1 nitrogen and oxygen atoms in total. The highest BCUT2D eigenvalue weighted by Gasteiger charge is 2.56. The summed E-state index contributed by atoms with van der Waals surface area (Å²) in [5.41, 5.74) is 0. The van der Waals surface area contributed by atoms with Crippen molar-refractivity contribution in [2.24, 2.45) is 23.7 Å². The van der Waals surface area contributed by atoms with E-state index in [4.69, 9.17) is 0 Å². The Morgan fingerprint density at radius 3 is 2.70 bits per heavy atom. The smallest absolute Gasteiger partial charge is 0.136 e. The molecule has 0 heterocycles. The first kappa shape index (κ1) is 5.34. The molecular formula is C9H12O. The van der Waals surface area contributed by atoms with E-state index in [1.165, 1.54) is 19.3 Å². The van der Waals surface area contributed by atoms with Crippen molar-refractivity contribution in [1.82, 2.24) is 0 Å². The summed E-state index contributed by atoms with van der Waals surface area (Å²) in [4.78, 5) is 11.3. The average Bonchev–Trinajstić information content (AvgIpc) is 2.66. The van der Waals surface area contributed by atoms with E-state index in [2.05, 4.69) is 0 Å². The Morgan fingerprint density at radius 1 is 1.20 bits per heavy atom. The summed E-state index contributed by atoms with van der Waals surface area (Å²) >= 11 is 0. The van der Waals surface area contributed by atoms with Crippen LogP contribution in [-0.2, 0) is 4.79 Å². The van der Waals surface area contributed by atoms with Crippen LogP contribution in [0.3, 0.4) is 0 Å². The van der Waals surface area contributed by atoms with Gasteiger partial charge in [-0.3, -0.25) is 4.79 Å². The number of hydrogen-bond acceptors (Lipinski definition) is 1. The second kappa shape index (κ2) is 1.46. The summed E-state index contributed by atoms with van der Waals surface area (Å²) < 4.78 is 0. The molecule has 10 heavy (non-hydrogen) atoms. The van der Waals surface area contributed by atoms with Gasteiger partial charge in [0.2, 0.25) is 0 Å². The Morgan fingerprint density at radius 2 is 2.10 bits per heavy atom. The van der Waals surface area contributed by atoms with E-state index in [9.17, 15) is 4.79 Å². The fourth-order valence-electron chi connectivity index (χ4n) is 3.13. The Bertz CT molecular complexity index is 197. The number of ketones is 1. The molecule has 0 saturated heterocycles. The number of fused-ring (bicyclic) bond motifs is 2. The maximum Gasteiger partial charge on any atom is 0.136 e. The van der Waals surface area contributed by atoms with Crippen LogP contribution in [0.4, 0.5) is 0 Å². The molecule has 0 aromatic carbocycles. The lowest BCUT2D eigenvalue weighted by Crippen LogP contribution is -2.33. The fraction of sp³-hybridized carbons (Fsp3) is 0.889. The molecule has 4 saturated carbocycles. The van der Waals surface area contributed by atoms with Gasteiger partial charge in [0.15, 0.2) is 0 Å². The van der Waals surface area contributed by atoms with Gasteiger partial charge in [-0.15, -0.1) is 0 Å². The summed E-state index contributed by atoms with van der Waals surface area (Å²) in [6.07, 6.45) is 4.91. The van der Waals surface area contributed by atoms with Crippen LogP contribution in [0.1, 0.15) is 25.7 Å². The van der Waals surface area contributed by atoms with Gasteiger partial charge < -0.3 is 0 Å². The average molecular weight is 136 g/mol. The maximum absolute atomic E-state index is 11.3. The summed E-state index contributed by atoms with van der Waals surface area (Å²) in [5, 5.41) is 0. The molecule has 4 aliphatic rings. The van der Waals surface area contributed by atoms with Crippen LogP contribution >= 0.6 is 0 Å². The van der Waals surface area contributed by atoms with E-state index < -0.39 is 0 Å². The van der Waals surface area contributed by atoms with Crippen LogP contribution in [-0.4, -0.2) is 5.78 Å². The van der Waals surface area contributed by atoms with Gasteiger partial charge in [-0.1, -0.05) is 0 Å². The van der Waals surface area contributed by atoms with Crippen molar-refractivity contribution in [2.45, 2.75) is 25.7 Å². The Balaban J connectivity index is 1.99. The van der Waals surface area contributed by atoms with Gasteiger partial charge in [-0.25, -0.2) is 0 Å². The normalized spacial score (nSPS) is 56.6. The highest BCUT2D eigenvalue weighted by atomic mass is 16.1. The number of rotatable bonds is 0. The van der Waals surface area contributed by atoms with Gasteiger partial charge in [0.05, 0.1) is 0 Å². The van der Waals surface area contributed by atoms with Gasteiger partial charge in [-0.05, 0) is 37.0 Å². The Kier molecular flexibility index (Phi) is 0.781. The first-order valence-electron chi connectivity index (χ1n) is 4.39. The molecule has 4 atom stereocenters. The quantitative estimate of drug-likeness (QED) is 0.494. The van der Waals surface area contributed by atoms with Gasteiger partial charge in [-0.2, -0.15) is 0 Å². The van der Waals surface area contributed by atoms with E-state index in [-0.39, 0.29) is 0 Å². The third kappa shape index (κ3) is 0.480. The first-order valence-corrected chi connectivity index (χ1v) is 4.39. The summed E-state index contributed by atoms with van der Waals surface area (Å²) in [5.74, 6) is 3.80. The minimum absolute atomic E-state index is 0.523. The number of carbonyl (C=O) groups is 1. The maximum atomic E-state index is 11.3. The molecule has 0 N–H and O–H groups in total. The molecular weight excluding hydrogens is 124 g/mol. The van der Waals surface area contributed by atoms with E-state index >= 15 is 0 Å². The Hall–Kier alpha value is -0.330. The molecule has 0 aliphatic heterocycles. The number of hydrogen-bond donors (Lipinski definition) is 0. The van der Waals surface area contributed by atoms with Crippen LogP contribution in [0.2, 0.25) is 0 Å². The molecule has 0 amide bonds. The van der Waals surface area contributed by atoms with Crippen molar-refractivity contribution in [3.8, 4) is 0 Å². The molecule has 0 radical (unpaired) electrons. The highest BCUT2D eigenvalue weighted by Crippen LogP contribution is 2.60. The lowest BCUT2D eigenvalue weighted by molar-refractivity contribution is -0.129. The molecule has 2 bridgehead atoms. The zero-order valence-electron chi connectivity index (χ0n) is 6.05. The molecule has 4 aliphatic carbocycles. The lowest BCUT2D eigenvalue weighted by Gasteiger charge is -2.33. The predicted molar refractivity (Wildman–Crippen MR) is 37.4 cm³/mol. The minimum atomic E-state index is 0.523. The van der Waals surface area contributed by atoms with E-state index in [1.54, 1.807) is 0 Å². The van der Waals surface area contributed by atoms with Crippen LogP contribution in [0.25, 0.3) is 0 Å². The minimum Gasteiger partial charge on any atom is -0.299 e. The molecule has 0 spiro atoms. The highest BCUT2D eigenvalue weighted by molar-refractivity contribution is 5.84. The van der Waals surface area contributed by atoms with Crippen LogP contribution in [0.5, 0.6) is 0 Å². The topological polar surface area (TPSA) is 17.1 Å².